The number of nitrogens with two attached hydrogens (primary N) is 1. The molecule has 0 heterocycles. The minimum absolute atomic E-state index is 0.243. The molecule has 0 saturated carbocycles. The van der Waals surface area contributed by atoms with E-state index in [1.54, 1.807) is 0 Å². The molecule has 0 saturated heterocycles. The van der Waals surface area contributed by atoms with Gasteiger partial charge in [-0.05, 0) is 23.8 Å². The summed E-state index contributed by atoms with van der Waals surface area (Å²) in [5.41, 5.74) is 5.45. The molecule has 1 aromatic carbocycles. The number of rotatable bonds is 2. The summed E-state index contributed by atoms with van der Waals surface area (Å²) in [6.45, 7) is 0. The summed E-state index contributed by atoms with van der Waals surface area (Å²) >= 11 is 11.2. The molecule has 0 aliphatic rings. The first-order chi connectivity index (χ1) is 6.00. The van der Waals surface area contributed by atoms with E-state index in [1.807, 2.05) is 0 Å². The van der Waals surface area contributed by atoms with Gasteiger partial charge in [0.1, 0.15) is 0 Å². The van der Waals surface area contributed by atoms with Gasteiger partial charge in [-0.15, -0.1) is 0 Å². The van der Waals surface area contributed by atoms with Gasteiger partial charge >= 0.3 is 0 Å². The Balaban J connectivity index is 3.01. The fourth-order valence-electron chi connectivity index (χ4n) is 0.913. The molecular formula is C8H7Cl2F2N. The fourth-order valence-corrected chi connectivity index (χ4v) is 1.46. The zero-order valence-electron chi connectivity index (χ0n) is 6.48. The highest BCUT2D eigenvalue weighted by Gasteiger charge is 2.17. The fraction of sp³-hybridized carbons (Fsp3) is 0.250. The van der Waals surface area contributed by atoms with Crippen molar-refractivity contribution >= 4 is 23.2 Å². The molecule has 0 fully saturated rings. The van der Waals surface area contributed by atoms with Gasteiger partial charge in [-0.2, -0.15) is 0 Å². The molecule has 1 nitrogen and oxygen atoms in total. The van der Waals surface area contributed by atoms with Gasteiger partial charge in [-0.25, -0.2) is 8.78 Å². The lowest BCUT2D eigenvalue weighted by molar-refractivity contribution is 0.116. The third-order valence-corrected chi connectivity index (χ3v) is 1.98. The number of benzene rings is 1. The second kappa shape index (κ2) is 4.22. The Kier molecular flexibility index (Phi) is 3.47. The summed E-state index contributed by atoms with van der Waals surface area (Å²) < 4.78 is 24.3. The topological polar surface area (TPSA) is 26.0 Å². The number of alkyl halides is 2. The van der Waals surface area contributed by atoms with Crippen molar-refractivity contribution in [3.05, 3.63) is 33.8 Å². The van der Waals surface area contributed by atoms with Crippen molar-refractivity contribution < 1.29 is 8.78 Å². The minimum Gasteiger partial charge on any atom is -0.319 e. The highest BCUT2D eigenvalue weighted by molar-refractivity contribution is 6.34. The normalized spacial score (nSPS) is 13.4. The molecule has 5 heteroatoms. The molecule has 1 atom stereocenters. The first-order valence-corrected chi connectivity index (χ1v) is 4.26. The first kappa shape index (κ1) is 10.7. The lowest BCUT2D eigenvalue weighted by atomic mass is 10.1. The first-order valence-electron chi connectivity index (χ1n) is 3.50. The van der Waals surface area contributed by atoms with Crippen LogP contribution in [0.3, 0.4) is 0 Å². The quantitative estimate of drug-likeness (QED) is 0.822. The van der Waals surface area contributed by atoms with Crippen LogP contribution in [0, 0.1) is 0 Å². The molecule has 2 N–H and O–H groups in total. The Bertz CT molecular complexity index is 284. The van der Waals surface area contributed by atoms with Crippen molar-refractivity contribution in [1.29, 1.82) is 0 Å². The largest absolute Gasteiger partial charge is 0.319 e. The monoisotopic (exact) mass is 225 g/mol. The van der Waals surface area contributed by atoms with Crippen LogP contribution in [0.15, 0.2) is 18.2 Å². The maximum atomic E-state index is 12.2. The van der Waals surface area contributed by atoms with Crippen LogP contribution < -0.4 is 5.73 Å². The Labute approximate surface area is 84.4 Å². The molecule has 1 aromatic rings. The van der Waals surface area contributed by atoms with Crippen LogP contribution in [0.5, 0.6) is 0 Å². The standard InChI is InChI=1S/C8H7Cl2F2N/c9-5-1-4(2-6(10)3-5)7(13)8(11)12/h1-3,7-8H,13H2/t7-/m1/s1. The average molecular weight is 226 g/mol. The molecule has 0 amide bonds. The maximum Gasteiger partial charge on any atom is 0.257 e. The summed E-state index contributed by atoms with van der Waals surface area (Å²) in [6, 6.07) is 2.88. The summed E-state index contributed by atoms with van der Waals surface area (Å²) in [5, 5.41) is 0.609. The van der Waals surface area contributed by atoms with Crippen molar-refractivity contribution in [3.63, 3.8) is 0 Å². The van der Waals surface area contributed by atoms with Crippen molar-refractivity contribution in [1.82, 2.24) is 0 Å². The molecule has 0 aliphatic carbocycles. The van der Waals surface area contributed by atoms with E-state index in [4.69, 9.17) is 28.9 Å². The molecule has 0 spiro atoms. The molecule has 13 heavy (non-hydrogen) atoms. The lowest BCUT2D eigenvalue weighted by Crippen LogP contribution is -2.18. The Morgan fingerprint density at radius 2 is 1.54 bits per heavy atom. The molecule has 0 radical (unpaired) electrons. The SMILES string of the molecule is N[C@H](c1cc(Cl)cc(Cl)c1)C(F)F. The van der Waals surface area contributed by atoms with Crippen LogP contribution in [-0.2, 0) is 0 Å². The second-order valence-corrected chi connectivity index (χ2v) is 3.44. The van der Waals surface area contributed by atoms with Gasteiger partial charge in [0.15, 0.2) is 0 Å². The number of hydrogen-bond acceptors (Lipinski definition) is 1. The number of hydrogen-bond donors (Lipinski definition) is 1. The van der Waals surface area contributed by atoms with Gasteiger partial charge < -0.3 is 5.73 Å². The smallest absolute Gasteiger partial charge is 0.257 e. The van der Waals surface area contributed by atoms with E-state index in [9.17, 15) is 8.78 Å². The summed E-state index contributed by atoms with van der Waals surface area (Å²) in [6.07, 6.45) is -2.62. The van der Waals surface area contributed by atoms with E-state index >= 15 is 0 Å². The van der Waals surface area contributed by atoms with Gasteiger partial charge in [0, 0.05) is 10.0 Å². The minimum atomic E-state index is -2.62. The van der Waals surface area contributed by atoms with Gasteiger partial charge in [-0.1, -0.05) is 23.2 Å². The van der Waals surface area contributed by atoms with Crippen molar-refractivity contribution in [2.75, 3.05) is 0 Å². The van der Waals surface area contributed by atoms with Crippen molar-refractivity contribution in [2.24, 2.45) is 5.73 Å². The average Bonchev–Trinajstić information content (AvgIpc) is 2.01. The van der Waals surface area contributed by atoms with Gasteiger partial charge in [0.25, 0.3) is 6.43 Å². The molecule has 0 aromatic heterocycles. The highest BCUT2D eigenvalue weighted by Crippen LogP contribution is 2.25. The number of halogens is 4. The predicted molar refractivity (Wildman–Crippen MR) is 49.4 cm³/mol. The second-order valence-electron chi connectivity index (χ2n) is 2.56. The van der Waals surface area contributed by atoms with Crippen LogP contribution >= 0.6 is 23.2 Å². The molecule has 0 bridgehead atoms. The summed E-state index contributed by atoms with van der Waals surface area (Å²) in [7, 11) is 0. The zero-order valence-corrected chi connectivity index (χ0v) is 7.99. The van der Waals surface area contributed by atoms with Gasteiger partial charge in [0.2, 0.25) is 0 Å². The maximum absolute atomic E-state index is 12.2. The molecule has 72 valence electrons. The molecular weight excluding hydrogens is 219 g/mol. The van der Waals surface area contributed by atoms with E-state index < -0.39 is 12.5 Å². The van der Waals surface area contributed by atoms with Crippen LogP contribution in [0.1, 0.15) is 11.6 Å². The van der Waals surface area contributed by atoms with Crippen LogP contribution in [0.4, 0.5) is 8.78 Å². The Hall–Kier alpha value is -0.380. The Morgan fingerprint density at radius 3 is 1.92 bits per heavy atom. The third kappa shape index (κ3) is 2.79. The zero-order chi connectivity index (χ0) is 10.0. The van der Waals surface area contributed by atoms with Crippen LogP contribution in [0.2, 0.25) is 10.0 Å². The van der Waals surface area contributed by atoms with Gasteiger partial charge in [0.05, 0.1) is 6.04 Å². The Morgan fingerprint density at radius 1 is 1.08 bits per heavy atom. The highest BCUT2D eigenvalue weighted by atomic mass is 35.5. The van der Waals surface area contributed by atoms with Crippen molar-refractivity contribution in [2.45, 2.75) is 12.5 Å². The summed E-state index contributed by atoms with van der Waals surface area (Å²) in [4.78, 5) is 0. The van der Waals surface area contributed by atoms with Crippen molar-refractivity contribution in [3.8, 4) is 0 Å². The van der Waals surface area contributed by atoms with E-state index in [1.165, 1.54) is 18.2 Å². The van der Waals surface area contributed by atoms with Crippen LogP contribution in [0.25, 0.3) is 0 Å². The summed E-state index contributed by atoms with van der Waals surface area (Å²) in [5.74, 6) is 0. The molecule has 0 aliphatic heterocycles. The predicted octanol–water partition coefficient (Wildman–Crippen LogP) is 3.26. The van der Waals surface area contributed by atoms with E-state index in [-0.39, 0.29) is 5.56 Å². The lowest BCUT2D eigenvalue weighted by Gasteiger charge is -2.11. The molecule has 1 rings (SSSR count). The van der Waals surface area contributed by atoms with Crippen LogP contribution in [-0.4, -0.2) is 6.43 Å². The van der Waals surface area contributed by atoms with E-state index in [0.717, 1.165) is 0 Å². The third-order valence-electron chi connectivity index (χ3n) is 1.54. The van der Waals surface area contributed by atoms with E-state index in [0.29, 0.717) is 10.0 Å². The van der Waals surface area contributed by atoms with E-state index in [2.05, 4.69) is 0 Å². The van der Waals surface area contributed by atoms with Gasteiger partial charge in [-0.3, -0.25) is 0 Å². The molecule has 0 unspecified atom stereocenters.